The van der Waals surface area contributed by atoms with E-state index in [1.807, 2.05) is 0 Å². The molecule has 11 heavy (non-hydrogen) atoms. The van der Waals surface area contributed by atoms with Gasteiger partial charge in [-0.15, -0.1) is 0 Å². The van der Waals surface area contributed by atoms with Crippen molar-refractivity contribution in [2.45, 2.75) is 59.0 Å². The molecule has 0 saturated heterocycles. The van der Waals surface area contributed by atoms with Gasteiger partial charge in [-0.05, 0) is 12.3 Å². The molecule has 0 aromatic carbocycles. The van der Waals surface area contributed by atoms with E-state index in [9.17, 15) is 5.11 Å². The number of hydrogen-bond acceptors (Lipinski definition) is 1. The summed E-state index contributed by atoms with van der Waals surface area (Å²) in [5.74, 6) is 0.529. The second-order valence-electron chi connectivity index (χ2n) is 3.29. The number of rotatable bonds is 6. The highest BCUT2D eigenvalue weighted by Gasteiger charge is 2.13. The number of hydrogen-bond donors (Lipinski definition) is 1. The minimum atomic E-state index is -0.0510. The fourth-order valence-electron chi connectivity index (χ4n) is 1.48. The van der Waals surface area contributed by atoms with Gasteiger partial charge in [0.25, 0.3) is 0 Å². The van der Waals surface area contributed by atoms with Crippen LogP contribution in [0.1, 0.15) is 52.9 Å². The summed E-state index contributed by atoms with van der Waals surface area (Å²) >= 11 is 0. The third kappa shape index (κ3) is 4.41. The highest BCUT2D eigenvalue weighted by molar-refractivity contribution is 4.65. The minimum Gasteiger partial charge on any atom is -0.393 e. The molecular weight excluding hydrogens is 136 g/mol. The molecule has 0 bridgehead atoms. The summed E-state index contributed by atoms with van der Waals surface area (Å²) in [4.78, 5) is 0. The van der Waals surface area contributed by atoms with Crippen LogP contribution >= 0.6 is 0 Å². The van der Waals surface area contributed by atoms with Gasteiger partial charge in [0.15, 0.2) is 0 Å². The maximum absolute atomic E-state index is 9.64. The second kappa shape index (κ2) is 6.66. The lowest BCUT2D eigenvalue weighted by atomic mass is 9.93. The van der Waals surface area contributed by atoms with E-state index in [0.29, 0.717) is 5.92 Å². The Balaban J connectivity index is 3.51. The fraction of sp³-hybridized carbons (Fsp3) is 1.00. The van der Waals surface area contributed by atoms with Crippen molar-refractivity contribution >= 4 is 0 Å². The number of aliphatic hydroxyl groups is 1. The van der Waals surface area contributed by atoms with E-state index in [-0.39, 0.29) is 6.10 Å². The first kappa shape index (κ1) is 11.0. The molecule has 68 valence electrons. The van der Waals surface area contributed by atoms with Crippen LogP contribution in [0.25, 0.3) is 0 Å². The Labute approximate surface area is 70.8 Å². The number of aliphatic hydroxyl groups excluding tert-OH is 1. The van der Waals surface area contributed by atoms with Crippen molar-refractivity contribution in [3.8, 4) is 0 Å². The summed E-state index contributed by atoms with van der Waals surface area (Å²) in [6.07, 6.45) is 5.52. The molecule has 0 aromatic rings. The molecule has 0 saturated carbocycles. The summed E-state index contributed by atoms with van der Waals surface area (Å²) in [6, 6.07) is 0. The van der Waals surface area contributed by atoms with Crippen molar-refractivity contribution in [1.29, 1.82) is 0 Å². The average Bonchev–Trinajstić information content (AvgIpc) is 2.03. The van der Waals surface area contributed by atoms with Crippen molar-refractivity contribution in [2.24, 2.45) is 5.92 Å². The van der Waals surface area contributed by atoms with Crippen molar-refractivity contribution in [3.05, 3.63) is 0 Å². The maximum Gasteiger partial charge on any atom is 0.0568 e. The molecule has 0 aliphatic carbocycles. The minimum absolute atomic E-state index is 0.0510. The largest absolute Gasteiger partial charge is 0.393 e. The van der Waals surface area contributed by atoms with Gasteiger partial charge in [-0.1, -0.05) is 46.5 Å². The molecule has 1 heteroatoms. The molecule has 0 heterocycles. The smallest absolute Gasteiger partial charge is 0.0568 e. The van der Waals surface area contributed by atoms with Crippen molar-refractivity contribution in [2.75, 3.05) is 0 Å². The first-order valence-corrected chi connectivity index (χ1v) is 4.94. The van der Waals surface area contributed by atoms with Crippen LogP contribution in [-0.4, -0.2) is 11.2 Å². The van der Waals surface area contributed by atoms with Crippen LogP contribution in [0.2, 0.25) is 0 Å². The van der Waals surface area contributed by atoms with Gasteiger partial charge in [0.1, 0.15) is 0 Å². The molecule has 1 nitrogen and oxygen atoms in total. The predicted molar refractivity (Wildman–Crippen MR) is 49.6 cm³/mol. The lowest BCUT2D eigenvalue weighted by molar-refractivity contribution is 0.0920. The van der Waals surface area contributed by atoms with E-state index in [1.54, 1.807) is 0 Å². The third-order valence-electron chi connectivity index (χ3n) is 2.45. The zero-order valence-electron chi connectivity index (χ0n) is 8.14. The zero-order chi connectivity index (χ0) is 8.69. The summed E-state index contributed by atoms with van der Waals surface area (Å²) in [5, 5.41) is 9.64. The topological polar surface area (TPSA) is 20.2 Å². The fourth-order valence-corrected chi connectivity index (χ4v) is 1.48. The van der Waals surface area contributed by atoms with Gasteiger partial charge in [-0.25, -0.2) is 0 Å². The van der Waals surface area contributed by atoms with Crippen molar-refractivity contribution in [3.63, 3.8) is 0 Å². The van der Waals surface area contributed by atoms with E-state index in [2.05, 4.69) is 20.8 Å². The van der Waals surface area contributed by atoms with Crippen LogP contribution in [-0.2, 0) is 0 Å². The highest BCUT2D eigenvalue weighted by Crippen LogP contribution is 2.17. The Morgan fingerprint density at radius 1 is 1.09 bits per heavy atom. The molecule has 0 radical (unpaired) electrons. The average molecular weight is 158 g/mol. The molecule has 0 fully saturated rings. The van der Waals surface area contributed by atoms with Crippen molar-refractivity contribution < 1.29 is 5.11 Å². The molecule has 1 N–H and O–H groups in total. The molecule has 0 amide bonds. The molecule has 0 aliphatic heterocycles. The third-order valence-corrected chi connectivity index (χ3v) is 2.45. The number of unbranched alkanes of at least 4 members (excludes halogenated alkanes) is 1. The van der Waals surface area contributed by atoms with Gasteiger partial charge in [0, 0.05) is 0 Å². The van der Waals surface area contributed by atoms with Gasteiger partial charge < -0.3 is 5.11 Å². The van der Waals surface area contributed by atoms with Crippen LogP contribution < -0.4 is 0 Å². The van der Waals surface area contributed by atoms with E-state index >= 15 is 0 Å². The van der Waals surface area contributed by atoms with Gasteiger partial charge in [-0.2, -0.15) is 0 Å². The molecule has 1 atom stereocenters. The molecular formula is C10H22O. The Hall–Kier alpha value is -0.0400. The van der Waals surface area contributed by atoms with Crippen LogP contribution in [0.5, 0.6) is 0 Å². The quantitative estimate of drug-likeness (QED) is 0.630. The Morgan fingerprint density at radius 2 is 1.64 bits per heavy atom. The van der Waals surface area contributed by atoms with Crippen LogP contribution in [0.4, 0.5) is 0 Å². The summed E-state index contributed by atoms with van der Waals surface area (Å²) in [5.41, 5.74) is 0. The lowest BCUT2D eigenvalue weighted by Crippen LogP contribution is -2.18. The summed E-state index contributed by atoms with van der Waals surface area (Å²) in [7, 11) is 0. The summed E-state index contributed by atoms with van der Waals surface area (Å²) in [6.45, 7) is 6.48. The summed E-state index contributed by atoms with van der Waals surface area (Å²) < 4.78 is 0. The maximum atomic E-state index is 9.64. The molecule has 0 aromatic heterocycles. The van der Waals surface area contributed by atoms with Crippen molar-refractivity contribution in [1.82, 2.24) is 0 Å². The molecule has 0 aliphatic rings. The van der Waals surface area contributed by atoms with Crippen LogP contribution in [0.3, 0.4) is 0 Å². The normalized spacial score (nSPS) is 13.9. The molecule has 0 unspecified atom stereocenters. The van der Waals surface area contributed by atoms with Crippen LogP contribution in [0.15, 0.2) is 0 Å². The zero-order valence-corrected chi connectivity index (χ0v) is 8.14. The van der Waals surface area contributed by atoms with E-state index in [1.165, 1.54) is 6.42 Å². The van der Waals surface area contributed by atoms with E-state index in [4.69, 9.17) is 0 Å². The van der Waals surface area contributed by atoms with Gasteiger partial charge in [-0.3, -0.25) is 0 Å². The Kier molecular flexibility index (Phi) is 6.63. The Bertz CT molecular complexity index is 76.9. The second-order valence-corrected chi connectivity index (χ2v) is 3.29. The van der Waals surface area contributed by atoms with Gasteiger partial charge >= 0.3 is 0 Å². The lowest BCUT2D eigenvalue weighted by Gasteiger charge is -2.19. The van der Waals surface area contributed by atoms with E-state index < -0.39 is 0 Å². The van der Waals surface area contributed by atoms with Gasteiger partial charge in [0.2, 0.25) is 0 Å². The first-order valence-electron chi connectivity index (χ1n) is 4.94. The highest BCUT2D eigenvalue weighted by atomic mass is 16.3. The first-order chi connectivity index (χ1) is 5.26. The van der Waals surface area contributed by atoms with Gasteiger partial charge in [0.05, 0.1) is 6.10 Å². The SMILES string of the molecule is CCCC[C@H](O)C(CC)CC. The van der Waals surface area contributed by atoms with E-state index in [0.717, 1.165) is 25.7 Å². The standard InChI is InChI=1S/C10H22O/c1-4-7-8-10(11)9(5-2)6-3/h9-11H,4-8H2,1-3H3/t10-/m0/s1. The molecule has 0 spiro atoms. The van der Waals surface area contributed by atoms with Crippen LogP contribution in [0, 0.1) is 5.92 Å². The predicted octanol–water partition coefficient (Wildman–Crippen LogP) is 2.97. The monoisotopic (exact) mass is 158 g/mol. The molecule has 0 rings (SSSR count). The Morgan fingerprint density at radius 3 is 2.00 bits per heavy atom.